The molecule has 0 saturated heterocycles. The van der Waals surface area contributed by atoms with Crippen LogP contribution in [0.2, 0.25) is 0 Å². The minimum atomic E-state index is -0.517. The van der Waals surface area contributed by atoms with E-state index < -0.39 is 10.9 Å². The first-order valence-electron chi connectivity index (χ1n) is 5.50. The summed E-state index contributed by atoms with van der Waals surface area (Å²) in [7, 11) is 0. The van der Waals surface area contributed by atoms with Gasteiger partial charge in [0.25, 0.3) is 5.69 Å². The Bertz CT molecular complexity index is 464. The number of aldehydes is 1. The van der Waals surface area contributed by atoms with E-state index in [2.05, 4.69) is 6.58 Å². The molecule has 0 atom stereocenters. The average Bonchev–Trinajstić information content (AvgIpc) is 2.39. The molecule has 6 nitrogen and oxygen atoms in total. The topological polar surface area (TPSA) is 86.5 Å². The monoisotopic (exact) mass is 265 g/mol. The van der Waals surface area contributed by atoms with E-state index in [-0.39, 0.29) is 11.4 Å². The number of carbonyl (C=O) groups is 2. The Labute approximate surface area is 110 Å². The number of hydrogen-bond acceptors (Lipinski definition) is 5. The van der Waals surface area contributed by atoms with Gasteiger partial charge in [-0.3, -0.25) is 10.1 Å². The predicted octanol–water partition coefficient (Wildman–Crippen LogP) is 2.67. The third-order valence-corrected chi connectivity index (χ3v) is 1.97. The number of hydrogen-bond donors (Lipinski definition) is 0. The lowest BCUT2D eigenvalue weighted by Crippen LogP contribution is -2.09. The zero-order chi connectivity index (χ0) is 14.8. The summed E-state index contributed by atoms with van der Waals surface area (Å²) in [4.78, 5) is 30.0. The number of nitro groups is 1. The molecule has 0 aliphatic heterocycles. The van der Waals surface area contributed by atoms with Crippen molar-refractivity contribution < 1.29 is 19.2 Å². The van der Waals surface area contributed by atoms with Gasteiger partial charge in [-0.1, -0.05) is 13.5 Å². The Balaban J connectivity index is 0.000000982. The maximum Gasteiger partial charge on any atom is 0.338 e. The van der Waals surface area contributed by atoms with Gasteiger partial charge in [0.2, 0.25) is 0 Å². The minimum absolute atomic E-state index is 0.0471. The molecule has 0 aliphatic rings. The van der Waals surface area contributed by atoms with Gasteiger partial charge < -0.3 is 9.53 Å². The van der Waals surface area contributed by atoms with Gasteiger partial charge in [-0.05, 0) is 25.5 Å². The molecule has 0 N–H and O–H groups in total. The van der Waals surface area contributed by atoms with Gasteiger partial charge in [-0.15, -0.1) is 0 Å². The molecule has 1 aromatic rings. The second-order valence-corrected chi connectivity index (χ2v) is 3.33. The van der Waals surface area contributed by atoms with E-state index in [1.54, 1.807) is 6.92 Å². The summed E-state index contributed by atoms with van der Waals surface area (Å²) in [6.45, 7) is 6.77. The van der Waals surface area contributed by atoms with E-state index in [0.29, 0.717) is 12.0 Å². The molecule has 0 aromatic heterocycles. The Morgan fingerprint density at radius 1 is 1.42 bits per heavy atom. The number of nitrogens with zero attached hydrogens (tertiary/aromatic N) is 1. The van der Waals surface area contributed by atoms with Crippen LogP contribution in [-0.4, -0.2) is 17.2 Å². The Hall–Kier alpha value is -2.50. The maximum absolute atomic E-state index is 11.3. The molecule has 6 heteroatoms. The summed E-state index contributed by atoms with van der Waals surface area (Å²) >= 11 is 0. The van der Waals surface area contributed by atoms with Crippen LogP contribution in [0.25, 0.3) is 0 Å². The number of non-ortho nitro benzene ring substituents is 1. The van der Waals surface area contributed by atoms with E-state index in [1.165, 1.54) is 31.2 Å². The Kier molecular flexibility index (Phi) is 7.44. The molecule has 0 radical (unpaired) electrons. The lowest BCUT2D eigenvalue weighted by atomic mass is 10.2. The maximum atomic E-state index is 11.3. The van der Waals surface area contributed by atoms with Crippen molar-refractivity contribution in [2.24, 2.45) is 0 Å². The normalized spacial score (nSPS) is 8.74. The summed E-state index contributed by atoms with van der Waals surface area (Å²) in [5.74, 6) is -0.249. The van der Waals surface area contributed by atoms with Crippen LogP contribution >= 0.6 is 0 Å². The van der Waals surface area contributed by atoms with E-state index in [1.807, 2.05) is 0 Å². The average molecular weight is 265 g/mol. The summed E-state index contributed by atoms with van der Waals surface area (Å²) in [6, 6.07) is 5.30. The number of rotatable bonds is 4. The third kappa shape index (κ3) is 6.11. The van der Waals surface area contributed by atoms with Crippen molar-refractivity contribution in [3.63, 3.8) is 0 Å². The second kappa shape index (κ2) is 8.57. The Morgan fingerprint density at radius 3 is 2.26 bits per heavy atom. The number of benzene rings is 1. The quantitative estimate of drug-likeness (QED) is 0.208. The summed E-state index contributed by atoms with van der Waals surface area (Å²) < 4.78 is 4.94. The predicted molar refractivity (Wildman–Crippen MR) is 69.9 cm³/mol. The molecule has 0 fully saturated rings. The first-order chi connectivity index (χ1) is 8.96. The highest BCUT2D eigenvalue weighted by Gasteiger charge is 2.09. The Morgan fingerprint density at radius 2 is 1.89 bits per heavy atom. The fourth-order valence-corrected chi connectivity index (χ4v) is 0.959. The van der Waals surface area contributed by atoms with E-state index in [0.717, 1.165) is 6.29 Å². The first-order valence-corrected chi connectivity index (χ1v) is 5.50. The van der Waals surface area contributed by atoms with Crippen LogP contribution in [0.3, 0.4) is 0 Å². The molecule has 1 rings (SSSR count). The third-order valence-electron chi connectivity index (χ3n) is 1.97. The lowest BCUT2D eigenvalue weighted by Gasteiger charge is -2.04. The van der Waals surface area contributed by atoms with E-state index in [9.17, 15) is 14.9 Å². The van der Waals surface area contributed by atoms with Crippen LogP contribution < -0.4 is 4.74 Å². The van der Waals surface area contributed by atoms with Crippen LogP contribution in [0.5, 0.6) is 5.75 Å². The molecule has 0 aliphatic carbocycles. The molecule has 0 unspecified atom stereocenters. The summed E-state index contributed by atoms with van der Waals surface area (Å²) in [6.07, 6.45) is 1.26. The van der Waals surface area contributed by atoms with E-state index in [4.69, 9.17) is 9.53 Å². The number of nitro benzene ring substituents is 1. The van der Waals surface area contributed by atoms with Gasteiger partial charge in [0.1, 0.15) is 12.0 Å². The van der Waals surface area contributed by atoms with Gasteiger partial charge in [0.15, 0.2) is 0 Å². The molecular formula is C13H15NO5. The highest BCUT2D eigenvalue weighted by molar-refractivity contribution is 5.89. The zero-order valence-electron chi connectivity index (χ0n) is 10.8. The molecule has 1 aromatic carbocycles. The van der Waals surface area contributed by atoms with Gasteiger partial charge in [-0.2, -0.15) is 0 Å². The highest BCUT2D eigenvalue weighted by atomic mass is 16.6. The van der Waals surface area contributed by atoms with Gasteiger partial charge >= 0.3 is 5.97 Å². The second-order valence-electron chi connectivity index (χ2n) is 3.33. The number of ether oxygens (including phenoxy) is 1. The molecule has 0 spiro atoms. The fraction of sp³-hybridized carbons (Fsp3) is 0.231. The van der Waals surface area contributed by atoms with Crippen molar-refractivity contribution in [1.29, 1.82) is 0 Å². The molecule has 0 bridgehead atoms. The summed E-state index contributed by atoms with van der Waals surface area (Å²) in [5.41, 5.74) is 0.312. The molecule has 19 heavy (non-hydrogen) atoms. The largest absolute Gasteiger partial charge is 0.423 e. The SMILES string of the molecule is C=C(CC)C(=O)Oc1ccc([N+](=O)[O-])cc1.CC=O. The standard InChI is InChI=1S/C11H11NO4.C2H4O/c1-3-8(2)11(13)16-10-6-4-9(5-7-10)12(14)15;1-2-3/h4-7H,2-3H2,1H3;2H,1H3. The van der Waals surface area contributed by atoms with Crippen molar-refractivity contribution in [1.82, 2.24) is 0 Å². The molecule has 102 valence electrons. The van der Waals surface area contributed by atoms with Gasteiger partial charge in [0.05, 0.1) is 4.92 Å². The van der Waals surface area contributed by atoms with Crippen LogP contribution in [0.1, 0.15) is 20.3 Å². The lowest BCUT2D eigenvalue weighted by molar-refractivity contribution is -0.384. The zero-order valence-corrected chi connectivity index (χ0v) is 10.8. The summed E-state index contributed by atoms with van der Waals surface area (Å²) in [5, 5.41) is 10.4. The highest BCUT2D eigenvalue weighted by Crippen LogP contribution is 2.18. The van der Waals surface area contributed by atoms with Crippen molar-refractivity contribution in [3.05, 3.63) is 46.5 Å². The molecule has 0 heterocycles. The minimum Gasteiger partial charge on any atom is -0.423 e. The molecule has 0 saturated carbocycles. The molecular weight excluding hydrogens is 250 g/mol. The number of esters is 1. The van der Waals surface area contributed by atoms with Crippen molar-refractivity contribution >= 4 is 17.9 Å². The van der Waals surface area contributed by atoms with E-state index >= 15 is 0 Å². The first kappa shape index (κ1) is 16.5. The van der Waals surface area contributed by atoms with Crippen LogP contribution in [0.4, 0.5) is 5.69 Å². The van der Waals surface area contributed by atoms with Crippen molar-refractivity contribution in [2.45, 2.75) is 20.3 Å². The smallest absolute Gasteiger partial charge is 0.338 e. The van der Waals surface area contributed by atoms with Crippen molar-refractivity contribution in [2.75, 3.05) is 0 Å². The van der Waals surface area contributed by atoms with Gasteiger partial charge in [-0.25, -0.2) is 4.79 Å². The van der Waals surface area contributed by atoms with Crippen LogP contribution in [0, 0.1) is 10.1 Å². The van der Waals surface area contributed by atoms with Gasteiger partial charge in [0, 0.05) is 17.7 Å². The van der Waals surface area contributed by atoms with Crippen molar-refractivity contribution in [3.8, 4) is 5.75 Å². The molecule has 0 amide bonds. The van der Waals surface area contributed by atoms with Crippen LogP contribution in [0.15, 0.2) is 36.4 Å². The number of carbonyl (C=O) groups excluding carboxylic acids is 2. The fourth-order valence-electron chi connectivity index (χ4n) is 0.959. The van der Waals surface area contributed by atoms with Crippen LogP contribution in [-0.2, 0) is 9.59 Å².